The molecule has 300 valence electrons. The second kappa shape index (κ2) is 23.7. The van der Waals surface area contributed by atoms with E-state index < -0.39 is 36.5 Å². The van der Waals surface area contributed by atoms with Gasteiger partial charge in [0.2, 0.25) is 5.76 Å². The molecule has 0 bridgehead atoms. The second-order valence-electron chi connectivity index (χ2n) is 14.4. The molecule has 4 atom stereocenters. The minimum absolute atomic E-state index is 0.0230. The van der Waals surface area contributed by atoms with Crippen LogP contribution in [0, 0.1) is 11.8 Å². The maximum absolute atomic E-state index is 13.9. The summed E-state index contributed by atoms with van der Waals surface area (Å²) in [6.07, 6.45) is 9.56. The Bertz CT molecular complexity index is 1490. The van der Waals surface area contributed by atoms with Gasteiger partial charge in [-0.05, 0) is 55.7 Å². The number of carbonyl (C=O) groups is 3. The largest absolute Gasteiger partial charge is 0.507 e. The first-order valence-electron chi connectivity index (χ1n) is 20.4. The summed E-state index contributed by atoms with van der Waals surface area (Å²) >= 11 is 0. The predicted octanol–water partition coefficient (Wildman–Crippen LogP) is 9.15. The number of phenols is 1. The molecular weight excluding hydrogens is 686 g/mol. The molecule has 10 nitrogen and oxygen atoms in total. The standard InChI is InChI=1S/C44H65NO9/c1-7-13-19-31(11-5)28-45(29-32(12-6)20-14-8-2)33-23-24-36(37(46)27-33)39(48)34-21-17-18-22-35(34)43(49)53-30-38(47)40-41(51-25-15-9-3)42(44(50)54-40)52-26-16-10-4/h17-18,21-24,27,31-32,38,40,46-47H,7-16,19-20,25-26,28-30H2,1-6H3/t31?,32?,38-,40+/m0/s1. The summed E-state index contributed by atoms with van der Waals surface area (Å²) in [6, 6.07) is 11.4. The fourth-order valence-electron chi connectivity index (χ4n) is 6.61. The van der Waals surface area contributed by atoms with Gasteiger partial charge in [0.1, 0.15) is 18.5 Å². The monoisotopic (exact) mass is 751 g/mol. The number of aliphatic hydroxyl groups excluding tert-OH is 1. The molecule has 54 heavy (non-hydrogen) atoms. The lowest BCUT2D eigenvalue weighted by molar-refractivity contribution is -0.148. The first-order valence-corrected chi connectivity index (χ1v) is 20.4. The first-order chi connectivity index (χ1) is 26.1. The fourth-order valence-corrected chi connectivity index (χ4v) is 6.61. The molecule has 1 aliphatic heterocycles. The van der Waals surface area contributed by atoms with Gasteiger partial charge in [0.15, 0.2) is 17.6 Å². The minimum atomic E-state index is -1.45. The third kappa shape index (κ3) is 12.8. The zero-order chi connectivity index (χ0) is 39.5. The summed E-state index contributed by atoms with van der Waals surface area (Å²) in [5.74, 6) is -1.25. The number of aliphatic hydroxyl groups is 1. The van der Waals surface area contributed by atoms with Crippen molar-refractivity contribution < 1.29 is 43.5 Å². The van der Waals surface area contributed by atoms with Crippen molar-refractivity contribution in [3.63, 3.8) is 0 Å². The van der Waals surface area contributed by atoms with Crippen LogP contribution in [0.4, 0.5) is 5.69 Å². The van der Waals surface area contributed by atoms with Crippen LogP contribution in [0.2, 0.25) is 0 Å². The number of esters is 2. The van der Waals surface area contributed by atoms with E-state index in [1.807, 2.05) is 19.9 Å². The molecule has 0 saturated heterocycles. The van der Waals surface area contributed by atoms with Crippen LogP contribution in [0.5, 0.6) is 5.75 Å². The Morgan fingerprint density at radius 2 is 1.35 bits per heavy atom. The lowest BCUT2D eigenvalue weighted by atomic mass is 9.94. The number of hydrogen-bond donors (Lipinski definition) is 2. The van der Waals surface area contributed by atoms with E-state index >= 15 is 0 Å². The fraction of sp³-hybridized carbons (Fsp3) is 0.614. The van der Waals surface area contributed by atoms with Crippen LogP contribution in [0.15, 0.2) is 54.0 Å². The third-order valence-electron chi connectivity index (χ3n) is 10.2. The molecule has 10 heteroatoms. The number of ketones is 1. The number of nitrogens with zero attached hydrogens (tertiary/aromatic N) is 1. The smallest absolute Gasteiger partial charge is 0.378 e. The lowest BCUT2D eigenvalue weighted by Gasteiger charge is -2.33. The molecule has 0 spiro atoms. The van der Waals surface area contributed by atoms with Crippen LogP contribution >= 0.6 is 0 Å². The van der Waals surface area contributed by atoms with Crippen molar-refractivity contribution in [2.45, 2.75) is 131 Å². The van der Waals surface area contributed by atoms with Crippen molar-refractivity contribution >= 4 is 23.4 Å². The Hall–Kier alpha value is -4.05. The molecular formula is C44H65NO9. The highest BCUT2D eigenvalue weighted by atomic mass is 16.6. The highest BCUT2D eigenvalue weighted by Crippen LogP contribution is 2.32. The Labute approximate surface area is 323 Å². The zero-order valence-corrected chi connectivity index (χ0v) is 33.6. The number of rotatable bonds is 27. The van der Waals surface area contributed by atoms with E-state index in [1.165, 1.54) is 25.0 Å². The Morgan fingerprint density at radius 1 is 0.778 bits per heavy atom. The normalized spacial score (nSPS) is 15.8. The van der Waals surface area contributed by atoms with Crippen LogP contribution < -0.4 is 4.90 Å². The number of unbranched alkanes of at least 4 members (excludes halogenated alkanes) is 4. The van der Waals surface area contributed by atoms with Crippen molar-refractivity contribution in [2.24, 2.45) is 11.8 Å². The molecule has 0 fully saturated rings. The molecule has 0 aromatic heterocycles. The quantitative estimate of drug-likeness (QED) is 0.0518. The lowest BCUT2D eigenvalue weighted by Crippen LogP contribution is -2.34. The molecule has 2 aromatic rings. The van der Waals surface area contributed by atoms with Crippen molar-refractivity contribution in [3.05, 3.63) is 70.7 Å². The van der Waals surface area contributed by atoms with Crippen LogP contribution in [0.3, 0.4) is 0 Å². The number of aromatic hydroxyl groups is 1. The SMILES string of the molecule is CCCCOC1=C(OCCCC)[C@@H]([C@@H](O)COC(=O)c2ccccc2C(=O)c2ccc(N(CC(CC)CCCC)CC(CC)CCCC)cc2O)OC1=O. The van der Waals surface area contributed by atoms with Gasteiger partial charge in [0.25, 0.3) is 0 Å². The zero-order valence-electron chi connectivity index (χ0n) is 33.6. The minimum Gasteiger partial charge on any atom is -0.507 e. The number of carbonyl (C=O) groups excluding carboxylic acids is 3. The van der Waals surface area contributed by atoms with Gasteiger partial charge in [-0.2, -0.15) is 0 Å². The number of cyclic esters (lactones) is 1. The van der Waals surface area contributed by atoms with E-state index in [1.54, 1.807) is 24.3 Å². The predicted molar refractivity (Wildman–Crippen MR) is 212 cm³/mol. The van der Waals surface area contributed by atoms with Crippen molar-refractivity contribution in [1.29, 1.82) is 0 Å². The van der Waals surface area contributed by atoms with Crippen LogP contribution in [0.1, 0.15) is 145 Å². The molecule has 0 radical (unpaired) electrons. The maximum Gasteiger partial charge on any atom is 0.378 e. The topological polar surface area (TPSA) is 132 Å². The van der Waals surface area contributed by atoms with E-state index in [-0.39, 0.29) is 40.6 Å². The molecule has 0 saturated carbocycles. The van der Waals surface area contributed by atoms with E-state index in [2.05, 4.69) is 32.6 Å². The number of hydrogen-bond acceptors (Lipinski definition) is 10. The van der Waals surface area contributed by atoms with E-state index in [0.29, 0.717) is 18.4 Å². The highest BCUT2D eigenvalue weighted by molar-refractivity contribution is 6.15. The van der Waals surface area contributed by atoms with Gasteiger partial charge in [-0.15, -0.1) is 0 Å². The van der Waals surface area contributed by atoms with E-state index in [0.717, 1.165) is 83.0 Å². The van der Waals surface area contributed by atoms with Crippen LogP contribution in [-0.2, 0) is 23.7 Å². The molecule has 3 rings (SSSR count). The number of phenolic OH excluding ortho intramolecular Hbond substituents is 1. The summed E-state index contributed by atoms with van der Waals surface area (Å²) in [6.45, 7) is 14.7. The summed E-state index contributed by atoms with van der Waals surface area (Å²) in [5.41, 5.74) is 0.970. The molecule has 1 aliphatic rings. The van der Waals surface area contributed by atoms with Crippen molar-refractivity contribution in [2.75, 3.05) is 37.8 Å². The third-order valence-corrected chi connectivity index (χ3v) is 10.2. The van der Waals surface area contributed by atoms with Crippen LogP contribution in [-0.4, -0.2) is 73.1 Å². The maximum atomic E-state index is 13.9. The van der Waals surface area contributed by atoms with Gasteiger partial charge >= 0.3 is 11.9 Å². The summed E-state index contributed by atoms with van der Waals surface area (Å²) in [5, 5.41) is 22.4. The second-order valence-corrected chi connectivity index (χ2v) is 14.4. The average Bonchev–Trinajstić information content (AvgIpc) is 3.50. The summed E-state index contributed by atoms with van der Waals surface area (Å²) < 4.78 is 22.4. The van der Waals surface area contributed by atoms with Crippen molar-refractivity contribution in [1.82, 2.24) is 0 Å². The Balaban J connectivity index is 1.80. The van der Waals surface area contributed by atoms with Gasteiger partial charge in [0, 0.05) is 30.4 Å². The molecule has 2 N–H and O–H groups in total. The van der Waals surface area contributed by atoms with Crippen LogP contribution in [0.25, 0.3) is 0 Å². The molecule has 2 aromatic carbocycles. The summed E-state index contributed by atoms with van der Waals surface area (Å²) in [4.78, 5) is 42.4. The van der Waals surface area contributed by atoms with Crippen molar-refractivity contribution in [3.8, 4) is 5.75 Å². The van der Waals surface area contributed by atoms with Gasteiger partial charge < -0.3 is 34.1 Å². The van der Waals surface area contributed by atoms with Gasteiger partial charge in [-0.3, -0.25) is 4.79 Å². The Kier molecular flexibility index (Phi) is 19.4. The van der Waals surface area contributed by atoms with Gasteiger partial charge in [0.05, 0.1) is 24.3 Å². The van der Waals surface area contributed by atoms with E-state index in [9.17, 15) is 24.6 Å². The highest BCUT2D eigenvalue weighted by Gasteiger charge is 2.42. The average molecular weight is 752 g/mol. The Morgan fingerprint density at radius 3 is 1.91 bits per heavy atom. The van der Waals surface area contributed by atoms with Gasteiger partial charge in [-0.25, -0.2) is 9.59 Å². The summed E-state index contributed by atoms with van der Waals surface area (Å²) in [7, 11) is 0. The number of ether oxygens (including phenoxy) is 4. The van der Waals surface area contributed by atoms with Gasteiger partial charge in [-0.1, -0.05) is 111 Å². The van der Waals surface area contributed by atoms with E-state index in [4.69, 9.17) is 18.9 Å². The molecule has 2 unspecified atom stereocenters. The molecule has 0 amide bonds. The molecule has 0 aliphatic carbocycles. The number of benzene rings is 2. The number of anilines is 1. The molecule has 1 heterocycles. The first kappa shape index (κ1) is 44.3.